The van der Waals surface area contributed by atoms with E-state index in [-0.39, 0.29) is 24.3 Å². The molecule has 1 fully saturated rings. The highest BCUT2D eigenvalue weighted by atomic mass is 16.6. The van der Waals surface area contributed by atoms with E-state index in [1.807, 2.05) is 62.9 Å². The van der Waals surface area contributed by atoms with Crippen molar-refractivity contribution in [3.05, 3.63) is 63.9 Å². The quantitative estimate of drug-likeness (QED) is 0.358. The van der Waals surface area contributed by atoms with E-state index in [2.05, 4.69) is 4.90 Å². The number of aromatic nitrogens is 1. The normalized spacial score (nSPS) is 16.5. The maximum Gasteiger partial charge on any atom is 0.410 e. The summed E-state index contributed by atoms with van der Waals surface area (Å²) in [5.74, 6) is 2.00. The molecule has 3 aromatic rings. The highest BCUT2D eigenvalue weighted by Gasteiger charge is 2.36. The van der Waals surface area contributed by atoms with Gasteiger partial charge in [-0.15, -0.1) is 0 Å². The Hall–Kier alpha value is -3.76. The minimum Gasteiger partial charge on any atom is -0.497 e. The number of amides is 1. The molecule has 44 heavy (non-hydrogen) atoms. The Morgan fingerprint density at radius 1 is 1.05 bits per heavy atom. The number of rotatable bonds is 9. The van der Waals surface area contributed by atoms with Gasteiger partial charge in [0, 0.05) is 55.3 Å². The lowest BCUT2D eigenvalue weighted by Crippen LogP contribution is -2.55. The Bertz CT molecular complexity index is 1520. The van der Waals surface area contributed by atoms with Crippen molar-refractivity contribution in [3.63, 3.8) is 0 Å². The number of hydrogen-bond donors (Lipinski definition) is 1. The van der Waals surface area contributed by atoms with Crippen LogP contribution in [-0.4, -0.2) is 77.1 Å². The molecule has 2 aliphatic rings. The smallest absolute Gasteiger partial charge is 0.410 e. The van der Waals surface area contributed by atoms with Gasteiger partial charge >= 0.3 is 6.09 Å². The Morgan fingerprint density at radius 3 is 2.45 bits per heavy atom. The van der Waals surface area contributed by atoms with Crippen LogP contribution in [0.5, 0.6) is 17.2 Å². The minimum atomic E-state index is -0.642. The maximum absolute atomic E-state index is 13.4. The molecule has 2 aromatic carbocycles. The van der Waals surface area contributed by atoms with Crippen molar-refractivity contribution >= 4 is 17.0 Å². The summed E-state index contributed by atoms with van der Waals surface area (Å²) in [5, 5.41) is 11.5. The van der Waals surface area contributed by atoms with Crippen molar-refractivity contribution in [2.75, 3.05) is 40.0 Å². The largest absolute Gasteiger partial charge is 0.497 e. The van der Waals surface area contributed by atoms with Gasteiger partial charge in [0.1, 0.15) is 25.6 Å². The molecular formula is C34H45N3O7. The third kappa shape index (κ3) is 6.97. The number of aliphatic hydroxyl groups is 1. The van der Waals surface area contributed by atoms with Crippen molar-refractivity contribution in [1.29, 1.82) is 0 Å². The summed E-state index contributed by atoms with van der Waals surface area (Å²) in [4.78, 5) is 30.6. The Morgan fingerprint density at radius 2 is 1.77 bits per heavy atom. The molecule has 1 N–H and O–H groups in total. The molecule has 1 saturated heterocycles. The van der Waals surface area contributed by atoms with Gasteiger partial charge in [0.15, 0.2) is 11.5 Å². The average Bonchev–Trinajstić information content (AvgIpc) is 3.02. The van der Waals surface area contributed by atoms with Crippen LogP contribution in [0.2, 0.25) is 0 Å². The Balaban J connectivity index is 1.22. The highest BCUT2D eigenvalue weighted by Crippen LogP contribution is 2.32. The molecule has 3 heterocycles. The Kier molecular flexibility index (Phi) is 9.70. The van der Waals surface area contributed by atoms with Gasteiger partial charge in [-0.2, -0.15) is 0 Å². The molecule has 0 aliphatic carbocycles. The highest BCUT2D eigenvalue weighted by molar-refractivity contribution is 5.84. The number of ether oxygens (including phenoxy) is 4. The molecule has 2 aliphatic heterocycles. The molecule has 238 valence electrons. The third-order valence-electron chi connectivity index (χ3n) is 8.54. The number of pyridine rings is 1. The number of likely N-dealkylation sites (tertiary alicyclic amines) is 1. The van der Waals surface area contributed by atoms with Crippen LogP contribution in [0.3, 0.4) is 0 Å². The topological polar surface area (TPSA) is 103 Å². The first-order valence-corrected chi connectivity index (χ1v) is 15.6. The second-order valence-electron chi connectivity index (χ2n) is 12.5. The van der Waals surface area contributed by atoms with Gasteiger partial charge in [-0.3, -0.25) is 4.79 Å². The first-order chi connectivity index (χ1) is 21.1. The van der Waals surface area contributed by atoms with Crippen LogP contribution in [0.25, 0.3) is 10.9 Å². The van der Waals surface area contributed by atoms with Gasteiger partial charge in [-0.1, -0.05) is 13.0 Å². The third-order valence-corrected chi connectivity index (χ3v) is 8.54. The van der Waals surface area contributed by atoms with Crippen molar-refractivity contribution in [1.82, 2.24) is 14.4 Å². The molecule has 10 heteroatoms. The zero-order valence-electron chi connectivity index (χ0n) is 26.5. The van der Waals surface area contributed by atoms with Gasteiger partial charge in [0.2, 0.25) is 0 Å². The van der Waals surface area contributed by atoms with Crippen molar-refractivity contribution < 1.29 is 28.8 Å². The average molecular weight is 608 g/mol. The minimum absolute atomic E-state index is 0.0432. The van der Waals surface area contributed by atoms with E-state index in [4.69, 9.17) is 18.9 Å². The zero-order chi connectivity index (χ0) is 31.4. The van der Waals surface area contributed by atoms with Gasteiger partial charge in [0.25, 0.3) is 5.56 Å². The molecule has 1 unspecified atom stereocenters. The van der Waals surface area contributed by atoms with Gasteiger partial charge in [-0.05, 0) is 75.4 Å². The fraction of sp³-hybridized carbons (Fsp3) is 0.529. The van der Waals surface area contributed by atoms with Crippen LogP contribution < -0.4 is 19.8 Å². The molecule has 0 radical (unpaired) electrons. The number of benzene rings is 2. The molecular weight excluding hydrogens is 562 g/mol. The number of methoxy groups -OCH3 is 1. The van der Waals surface area contributed by atoms with Crippen molar-refractivity contribution in [3.8, 4) is 17.2 Å². The molecule has 1 atom stereocenters. The molecule has 10 nitrogen and oxygen atoms in total. The molecule has 1 amide bonds. The fourth-order valence-electron chi connectivity index (χ4n) is 6.25. The predicted molar refractivity (Wildman–Crippen MR) is 169 cm³/mol. The maximum atomic E-state index is 13.4. The molecule has 5 rings (SSSR count). The monoisotopic (exact) mass is 607 g/mol. The molecule has 1 aromatic heterocycles. The second kappa shape index (κ2) is 13.5. The zero-order valence-corrected chi connectivity index (χ0v) is 26.5. The van der Waals surface area contributed by atoms with E-state index in [0.717, 1.165) is 48.0 Å². The van der Waals surface area contributed by atoms with Crippen molar-refractivity contribution in [2.24, 2.45) is 0 Å². The van der Waals surface area contributed by atoms with E-state index >= 15 is 0 Å². The Labute approximate surface area is 259 Å². The predicted octanol–water partition coefficient (Wildman–Crippen LogP) is 5.13. The summed E-state index contributed by atoms with van der Waals surface area (Å²) in [6.45, 7) is 12.0. The standard InChI is InChI=1S/C34H45N3O7/c1-6-29(38)27-20-25(41-5)21-28-26(27)8-10-32(39)36(28)16-15-35-13-11-24(12-14-35)37(34(2,3)4)33(40)44-22-23-7-9-30-31(19-23)43-18-17-42-30/h7-10,19-21,24,29,38H,6,11-18,22H2,1-5H3. The van der Waals surface area contributed by atoms with Gasteiger partial charge in [-0.25, -0.2) is 4.79 Å². The van der Waals surface area contributed by atoms with E-state index in [0.29, 0.717) is 50.0 Å². The number of fused-ring (bicyclic) bond motifs is 2. The molecule has 0 spiro atoms. The lowest BCUT2D eigenvalue weighted by molar-refractivity contribution is 0.0196. The molecule has 0 saturated carbocycles. The fourth-order valence-corrected chi connectivity index (χ4v) is 6.25. The number of piperidine rings is 1. The first-order valence-electron chi connectivity index (χ1n) is 15.6. The lowest BCUT2D eigenvalue weighted by atomic mass is 9.97. The van der Waals surface area contributed by atoms with Crippen LogP contribution in [-0.2, 0) is 17.9 Å². The number of aliphatic hydroxyl groups excluding tert-OH is 1. The van der Waals surface area contributed by atoms with Gasteiger partial charge < -0.3 is 38.4 Å². The van der Waals surface area contributed by atoms with Crippen LogP contribution >= 0.6 is 0 Å². The number of carbonyl (C=O) groups is 1. The summed E-state index contributed by atoms with van der Waals surface area (Å²) in [7, 11) is 1.59. The van der Waals surface area contributed by atoms with Crippen LogP contribution in [0.1, 0.15) is 64.2 Å². The summed E-state index contributed by atoms with van der Waals surface area (Å²) >= 11 is 0. The van der Waals surface area contributed by atoms with E-state index in [1.54, 1.807) is 23.8 Å². The van der Waals surface area contributed by atoms with Crippen LogP contribution in [0.4, 0.5) is 4.79 Å². The summed E-state index contributed by atoms with van der Waals surface area (Å²) in [5.41, 5.74) is 1.88. The van der Waals surface area contributed by atoms with E-state index in [9.17, 15) is 14.7 Å². The lowest BCUT2D eigenvalue weighted by Gasteiger charge is -2.44. The molecule has 0 bridgehead atoms. The summed E-state index contributed by atoms with van der Waals surface area (Å²) in [6.07, 6.45) is 1.21. The number of nitrogens with zero attached hydrogens (tertiary/aromatic N) is 3. The van der Waals surface area contributed by atoms with E-state index < -0.39 is 11.6 Å². The SMILES string of the molecule is CCC(O)c1cc(OC)cc2c1ccc(=O)n2CCN1CCC(N(C(=O)OCc2ccc3c(c2)OCCO3)C(C)(C)C)CC1. The number of carbonyl (C=O) groups excluding carboxylic acids is 1. The number of hydrogen-bond acceptors (Lipinski definition) is 8. The van der Waals surface area contributed by atoms with Crippen LogP contribution in [0, 0.1) is 0 Å². The second-order valence-corrected chi connectivity index (χ2v) is 12.5. The summed E-state index contributed by atoms with van der Waals surface area (Å²) in [6, 6.07) is 12.7. The van der Waals surface area contributed by atoms with Gasteiger partial charge in [0.05, 0.1) is 18.7 Å². The first kappa shape index (κ1) is 31.7. The van der Waals surface area contributed by atoms with E-state index in [1.165, 1.54) is 0 Å². The van der Waals surface area contributed by atoms with Crippen molar-refractivity contribution in [2.45, 2.75) is 77.8 Å². The van der Waals surface area contributed by atoms with Crippen LogP contribution in [0.15, 0.2) is 47.3 Å². The summed E-state index contributed by atoms with van der Waals surface area (Å²) < 4.78 is 24.3.